The molecule has 34 heavy (non-hydrogen) atoms. The number of carbonyl (C=O) groups is 1. The molecule has 0 saturated carbocycles. The lowest BCUT2D eigenvalue weighted by Gasteiger charge is -2.27. The molecule has 2 aromatic heterocycles. The number of hydrazine groups is 1. The molecule has 0 spiro atoms. The van der Waals surface area contributed by atoms with E-state index in [9.17, 15) is 44.3 Å². The zero-order valence-electron chi connectivity index (χ0n) is 16.6. The largest absolute Gasteiger partial charge is 0.472 e. The number of amides is 1. The number of aromatic nitrogens is 1. The van der Waals surface area contributed by atoms with E-state index < -0.39 is 65.5 Å². The number of nitrogens with zero attached hydrogens (tertiary/aromatic N) is 2. The summed E-state index contributed by atoms with van der Waals surface area (Å²) in [6.07, 6.45) is -12.9. The summed E-state index contributed by atoms with van der Waals surface area (Å²) in [5.41, 5.74) is 1.80. The molecular formula is C19H13F9N4O2. The quantitative estimate of drug-likeness (QED) is 0.344. The third-order valence-electron chi connectivity index (χ3n) is 4.29. The summed E-state index contributed by atoms with van der Waals surface area (Å²) in [5, 5.41) is -0.730. The normalized spacial score (nSPS) is 12.6. The van der Waals surface area contributed by atoms with Gasteiger partial charge in [-0.2, -0.15) is 39.5 Å². The van der Waals surface area contributed by atoms with E-state index in [-0.39, 0.29) is 10.5 Å². The van der Waals surface area contributed by atoms with Gasteiger partial charge in [0.15, 0.2) is 0 Å². The molecule has 0 radical (unpaired) electrons. The van der Waals surface area contributed by atoms with E-state index in [1.807, 2.05) is 0 Å². The summed E-state index contributed by atoms with van der Waals surface area (Å²) < 4.78 is 123. The highest BCUT2D eigenvalue weighted by molar-refractivity contribution is 5.94. The van der Waals surface area contributed by atoms with Gasteiger partial charge in [0, 0.05) is 11.1 Å². The van der Waals surface area contributed by atoms with E-state index in [1.165, 1.54) is 12.3 Å². The minimum Gasteiger partial charge on any atom is -0.472 e. The van der Waals surface area contributed by atoms with E-state index in [0.29, 0.717) is 12.1 Å². The number of anilines is 2. The summed E-state index contributed by atoms with van der Waals surface area (Å²) in [6, 6.07) is 3.93. The van der Waals surface area contributed by atoms with Gasteiger partial charge in [-0.25, -0.2) is 4.98 Å². The predicted molar refractivity (Wildman–Crippen MR) is 101 cm³/mol. The van der Waals surface area contributed by atoms with Gasteiger partial charge >= 0.3 is 18.5 Å². The molecule has 0 aliphatic carbocycles. The number of benzene rings is 1. The maximum Gasteiger partial charge on any atom is 0.417 e. The average Bonchev–Trinajstić information content (AvgIpc) is 3.22. The number of rotatable bonds is 6. The average molecular weight is 500 g/mol. The summed E-state index contributed by atoms with van der Waals surface area (Å²) in [5.74, 6) is -1.25. The molecule has 1 aromatic carbocycles. The van der Waals surface area contributed by atoms with Crippen LogP contribution in [0.1, 0.15) is 15.9 Å². The number of pyridine rings is 1. The van der Waals surface area contributed by atoms with E-state index in [1.54, 1.807) is 0 Å². The zero-order valence-corrected chi connectivity index (χ0v) is 16.6. The van der Waals surface area contributed by atoms with Crippen LogP contribution in [0.25, 0.3) is 10.9 Å². The lowest BCUT2D eigenvalue weighted by molar-refractivity contribution is -0.138. The van der Waals surface area contributed by atoms with Crippen molar-refractivity contribution in [3.63, 3.8) is 0 Å². The Morgan fingerprint density at radius 2 is 1.59 bits per heavy atom. The number of hydrogen-bond acceptors (Lipinski definition) is 5. The van der Waals surface area contributed by atoms with Crippen molar-refractivity contribution >= 4 is 28.3 Å². The third kappa shape index (κ3) is 6.45. The van der Waals surface area contributed by atoms with E-state index >= 15 is 0 Å². The number of hydrogen-bond donors (Lipinski definition) is 2. The molecular weight excluding hydrogens is 487 g/mol. The van der Waals surface area contributed by atoms with E-state index in [2.05, 4.69) is 15.8 Å². The standard InChI is InChI=1S/C19H13F9N4O2/c20-17(21,22)8-32(9-18(23,24)25)11-1-2-14-12(5-11)13(19(26,27)28)6-15(29-14)30-31-16(33)10-3-4-34-7-10/h1-7H,8-9H2,(H,29,30)(H,31,33). The van der Waals surface area contributed by atoms with Crippen LogP contribution in [0, 0.1) is 0 Å². The number of halogens is 9. The van der Waals surface area contributed by atoms with E-state index in [0.717, 1.165) is 18.4 Å². The Labute approximate surface area is 184 Å². The van der Waals surface area contributed by atoms with Gasteiger partial charge in [0.05, 0.1) is 22.9 Å². The first kappa shape index (κ1) is 25.0. The van der Waals surface area contributed by atoms with Crippen LogP contribution in [0.15, 0.2) is 47.3 Å². The molecule has 6 nitrogen and oxygen atoms in total. The predicted octanol–water partition coefficient (Wildman–Crippen LogP) is 5.53. The first-order valence-corrected chi connectivity index (χ1v) is 9.11. The number of alkyl halides is 9. The van der Waals surface area contributed by atoms with Crippen LogP contribution >= 0.6 is 0 Å². The van der Waals surface area contributed by atoms with E-state index in [4.69, 9.17) is 4.42 Å². The Balaban J connectivity index is 2.00. The van der Waals surface area contributed by atoms with Crippen LogP contribution in [0.4, 0.5) is 51.0 Å². The van der Waals surface area contributed by atoms with Crippen molar-refractivity contribution in [1.82, 2.24) is 10.4 Å². The molecule has 2 N–H and O–H groups in total. The number of fused-ring (bicyclic) bond motifs is 1. The highest BCUT2D eigenvalue weighted by atomic mass is 19.4. The molecule has 0 fully saturated rings. The van der Waals surface area contributed by atoms with Gasteiger partial charge in [-0.05, 0) is 30.3 Å². The van der Waals surface area contributed by atoms with Crippen LogP contribution in [-0.2, 0) is 6.18 Å². The minimum absolute atomic E-state index is 0.0448. The van der Waals surface area contributed by atoms with Gasteiger partial charge in [-0.3, -0.25) is 15.6 Å². The van der Waals surface area contributed by atoms with Crippen molar-refractivity contribution < 1.29 is 48.7 Å². The second kappa shape index (κ2) is 8.95. The molecule has 184 valence electrons. The topological polar surface area (TPSA) is 70.4 Å². The molecule has 0 bridgehead atoms. The van der Waals surface area contributed by atoms with Gasteiger partial charge in [0.2, 0.25) is 0 Å². The number of carbonyl (C=O) groups excluding carboxylic acids is 1. The first-order chi connectivity index (χ1) is 15.6. The highest BCUT2D eigenvalue weighted by Crippen LogP contribution is 2.38. The molecule has 0 saturated heterocycles. The highest BCUT2D eigenvalue weighted by Gasteiger charge is 2.38. The van der Waals surface area contributed by atoms with Crippen LogP contribution in [0.2, 0.25) is 0 Å². The smallest absolute Gasteiger partial charge is 0.417 e. The van der Waals surface area contributed by atoms with Gasteiger partial charge in [0.25, 0.3) is 5.91 Å². The van der Waals surface area contributed by atoms with Crippen molar-refractivity contribution in [2.24, 2.45) is 0 Å². The molecule has 15 heteroatoms. The van der Waals surface area contributed by atoms with Crippen LogP contribution < -0.4 is 15.8 Å². The lowest BCUT2D eigenvalue weighted by atomic mass is 10.1. The third-order valence-corrected chi connectivity index (χ3v) is 4.29. The van der Waals surface area contributed by atoms with Crippen molar-refractivity contribution in [3.8, 4) is 0 Å². The fourth-order valence-corrected chi connectivity index (χ4v) is 2.97. The molecule has 0 unspecified atom stereocenters. The first-order valence-electron chi connectivity index (χ1n) is 9.11. The summed E-state index contributed by atoms with van der Waals surface area (Å²) in [4.78, 5) is 15.6. The van der Waals surface area contributed by atoms with Gasteiger partial charge in [-0.15, -0.1) is 0 Å². The Kier molecular flexibility index (Phi) is 6.57. The lowest BCUT2D eigenvalue weighted by Crippen LogP contribution is -2.40. The maximum atomic E-state index is 13.7. The summed E-state index contributed by atoms with van der Waals surface area (Å²) in [6.45, 7) is -4.07. The number of furan rings is 1. The minimum atomic E-state index is -5.05. The van der Waals surface area contributed by atoms with Crippen LogP contribution in [0.5, 0.6) is 0 Å². The van der Waals surface area contributed by atoms with Gasteiger partial charge < -0.3 is 9.32 Å². The maximum absolute atomic E-state index is 13.7. The Hall–Kier alpha value is -3.65. The van der Waals surface area contributed by atoms with Gasteiger partial charge in [0.1, 0.15) is 25.2 Å². The Bertz CT molecular complexity index is 1140. The SMILES string of the molecule is O=C(NNc1cc(C(F)(F)F)c2cc(N(CC(F)(F)F)CC(F)(F)F)ccc2n1)c1ccoc1. The summed E-state index contributed by atoms with van der Waals surface area (Å²) in [7, 11) is 0. The van der Waals surface area contributed by atoms with Crippen molar-refractivity contribution in [2.45, 2.75) is 18.5 Å². The molecule has 3 aromatic rings. The molecule has 2 heterocycles. The van der Waals surface area contributed by atoms with Crippen LogP contribution in [0.3, 0.4) is 0 Å². The second-order valence-electron chi connectivity index (χ2n) is 6.93. The molecule has 3 rings (SSSR count). The van der Waals surface area contributed by atoms with Crippen molar-refractivity contribution in [3.05, 3.63) is 54.0 Å². The molecule has 0 aliphatic rings. The van der Waals surface area contributed by atoms with Gasteiger partial charge in [-0.1, -0.05) is 0 Å². The van der Waals surface area contributed by atoms with Crippen molar-refractivity contribution in [2.75, 3.05) is 23.4 Å². The Morgan fingerprint density at radius 1 is 0.941 bits per heavy atom. The number of nitrogens with one attached hydrogen (secondary N) is 2. The molecule has 1 amide bonds. The van der Waals surface area contributed by atoms with Crippen molar-refractivity contribution in [1.29, 1.82) is 0 Å². The second-order valence-corrected chi connectivity index (χ2v) is 6.93. The monoisotopic (exact) mass is 500 g/mol. The molecule has 0 aliphatic heterocycles. The Morgan fingerprint density at radius 3 is 2.12 bits per heavy atom. The summed E-state index contributed by atoms with van der Waals surface area (Å²) >= 11 is 0. The van der Waals surface area contributed by atoms with Crippen LogP contribution in [-0.4, -0.2) is 36.3 Å². The zero-order chi connectivity index (χ0) is 25.3. The fraction of sp³-hybridized carbons (Fsp3) is 0.263. The molecule has 0 atom stereocenters. The fourth-order valence-electron chi connectivity index (χ4n) is 2.97.